The molecular formula is C14H29N3O3. The van der Waals surface area contributed by atoms with E-state index in [4.69, 9.17) is 9.47 Å². The second-order valence-corrected chi connectivity index (χ2v) is 5.24. The number of aliphatic imine (C=N–C) groups is 1. The Morgan fingerprint density at radius 1 is 1.25 bits per heavy atom. The molecule has 0 aliphatic heterocycles. The van der Waals surface area contributed by atoms with Gasteiger partial charge in [0.2, 0.25) is 0 Å². The number of rotatable bonds is 11. The molecule has 0 bridgehead atoms. The quantitative estimate of drug-likeness (QED) is 0.291. The molecule has 0 spiro atoms. The predicted octanol–water partition coefficient (Wildman–Crippen LogP) is 0.367. The molecule has 6 nitrogen and oxygen atoms in total. The zero-order chi connectivity index (χ0) is 14.7. The van der Waals surface area contributed by atoms with Gasteiger partial charge in [0.25, 0.3) is 0 Å². The molecule has 1 rings (SSSR count). The van der Waals surface area contributed by atoms with Crippen LogP contribution in [0.5, 0.6) is 0 Å². The van der Waals surface area contributed by atoms with Crippen molar-refractivity contribution >= 4 is 5.96 Å². The standard InChI is InChI=1S/C14H29N3O3/c1-3-15-13(17-11-14(12-18)5-6-14)16-7-4-8-20-10-9-19-2/h18H,3-12H2,1-2H3,(H2,15,16,17). The average molecular weight is 287 g/mol. The van der Waals surface area contributed by atoms with Gasteiger partial charge in [-0.25, -0.2) is 0 Å². The first-order valence-electron chi connectivity index (χ1n) is 7.46. The molecule has 0 aromatic rings. The van der Waals surface area contributed by atoms with Gasteiger partial charge in [0, 0.05) is 32.2 Å². The summed E-state index contributed by atoms with van der Waals surface area (Å²) in [5, 5.41) is 15.8. The highest BCUT2D eigenvalue weighted by Gasteiger charge is 2.41. The molecule has 0 saturated heterocycles. The van der Waals surface area contributed by atoms with Crippen LogP contribution in [-0.2, 0) is 9.47 Å². The van der Waals surface area contributed by atoms with Crippen molar-refractivity contribution < 1.29 is 14.6 Å². The SMILES string of the molecule is CCNC(=NCC1(CO)CC1)NCCCOCCOC. The number of nitrogens with one attached hydrogen (secondary N) is 2. The van der Waals surface area contributed by atoms with E-state index in [1.54, 1.807) is 7.11 Å². The summed E-state index contributed by atoms with van der Waals surface area (Å²) < 4.78 is 10.3. The summed E-state index contributed by atoms with van der Waals surface area (Å²) in [5.74, 6) is 0.823. The molecule has 0 heterocycles. The van der Waals surface area contributed by atoms with Crippen molar-refractivity contribution in [3.63, 3.8) is 0 Å². The van der Waals surface area contributed by atoms with E-state index in [0.29, 0.717) is 19.8 Å². The normalized spacial score (nSPS) is 17.1. The van der Waals surface area contributed by atoms with E-state index in [1.807, 2.05) is 6.92 Å². The van der Waals surface area contributed by atoms with Gasteiger partial charge in [0.05, 0.1) is 26.4 Å². The number of methoxy groups -OCH3 is 1. The van der Waals surface area contributed by atoms with E-state index in [9.17, 15) is 5.11 Å². The third kappa shape index (κ3) is 7.07. The minimum atomic E-state index is 0.0611. The van der Waals surface area contributed by atoms with Crippen molar-refractivity contribution in [2.24, 2.45) is 10.4 Å². The summed E-state index contributed by atoms with van der Waals surface area (Å²) >= 11 is 0. The molecule has 0 radical (unpaired) electrons. The fourth-order valence-corrected chi connectivity index (χ4v) is 1.76. The predicted molar refractivity (Wildman–Crippen MR) is 80.0 cm³/mol. The van der Waals surface area contributed by atoms with Gasteiger partial charge in [-0.1, -0.05) is 0 Å². The van der Waals surface area contributed by atoms with Gasteiger partial charge in [-0.3, -0.25) is 4.99 Å². The zero-order valence-electron chi connectivity index (χ0n) is 12.8. The summed E-state index contributed by atoms with van der Waals surface area (Å²) in [4.78, 5) is 4.54. The molecule has 1 saturated carbocycles. The monoisotopic (exact) mass is 287 g/mol. The highest BCUT2D eigenvalue weighted by Crippen LogP contribution is 2.45. The second-order valence-electron chi connectivity index (χ2n) is 5.24. The molecule has 0 aromatic carbocycles. The third-order valence-electron chi connectivity index (χ3n) is 3.40. The van der Waals surface area contributed by atoms with E-state index in [-0.39, 0.29) is 12.0 Å². The first kappa shape index (κ1) is 17.2. The Hall–Kier alpha value is -0.850. The molecule has 0 amide bonds. The van der Waals surface area contributed by atoms with Gasteiger partial charge in [-0.15, -0.1) is 0 Å². The lowest BCUT2D eigenvalue weighted by atomic mass is 10.1. The number of hydrogen-bond donors (Lipinski definition) is 3. The van der Waals surface area contributed by atoms with Crippen molar-refractivity contribution in [2.75, 3.05) is 53.2 Å². The maximum atomic E-state index is 9.28. The molecule has 0 unspecified atom stereocenters. The van der Waals surface area contributed by atoms with E-state index >= 15 is 0 Å². The zero-order valence-corrected chi connectivity index (χ0v) is 12.8. The smallest absolute Gasteiger partial charge is 0.191 e. The molecule has 1 fully saturated rings. The largest absolute Gasteiger partial charge is 0.396 e. The molecule has 118 valence electrons. The van der Waals surface area contributed by atoms with Crippen molar-refractivity contribution in [3.05, 3.63) is 0 Å². The molecular weight excluding hydrogens is 258 g/mol. The van der Waals surface area contributed by atoms with Crippen LogP contribution >= 0.6 is 0 Å². The summed E-state index contributed by atoms with van der Waals surface area (Å²) in [6.45, 7) is 6.64. The van der Waals surface area contributed by atoms with Gasteiger partial charge in [0.1, 0.15) is 0 Å². The Labute approximate surface area is 121 Å². The van der Waals surface area contributed by atoms with E-state index in [1.165, 1.54) is 0 Å². The fraction of sp³-hybridized carbons (Fsp3) is 0.929. The van der Waals surface area contributed by atoms with Crippen LogP contribution in [0.3, 0.4) is 0 Å². The number of hydrogen-bond acceptors (Lipinski definition) is 4. The fourth-order valence-electron chi connectivity index (χ4n) is 1.76. The number of ether oxygens (including phenoxy) is 2. The first-order chi connectivity index (χ1) is 9.76. The summed E-state index contributed by atoms with van der Waals surface area (Å²) in [6, 6.07) is 0. The molecule has 20 heavy (non-hydrogen) atoms. The molecule has 1 aliphatic rings. The third-order valence-corrected chi connectivity index (χ3v) is 3.40. The Bertz CT molecular complexity index is 281. The Balaban J connectivity index is 2.13. The average Bonchev–Trinajstić information content (AvgIpc) is 3.24. The van der Waals surface area contributed by atoms with Crippen molar-refractivity contribution in [2.45, 2.75) is 26.2 Å². The van der Waals surface area contributed by atoms with Crippen LogP contribution in [0.2, 0.25) is 0 Å². The number of guanidine groups is 1. The summed E-state index contributed by atoms with van der Waals surface area (Å²) in [5.41, 5.74) is 0.0611. The Kier molecular flexibility index (Phi) is 8.57. The lowest BCUT2D eigenvalue weighted by Gasteiger charge is -2.13. The Morgan fingerprint density at radius 2 is 2.05 bits per heavy atom. The van der Waals surface area contributed by atoms with Gasteiger partial charge in [0.15, 0.2) is 5.96 Å². The van der Waals surface area contributed by atoms with Crippen LogP contribution in [0, 0.1) is 5.41 Å². The van der Waals surface area contributed by atoms with Crippen LogP contribution in [-0.4, -0.2) is 64.2 Å². The van der Waals surface area contributed by atoms with Crippen molar-refractivity contribution in [1.82, 2.24) is 10.6 Å². The van der Waals surface area contributed by atoms with Crippen molar-refractivity contribution in [3.8, 4) is 0 Å². The van der Waals surface area contributed by atoms with Crippen LogP contribution in [0.4, 0.5) is 0 Å². The maximum Gasteiger partial charge on any atom is 0.191 e. The molecule has 3 N–H and O–H groups in total. The molecule has 1 aliphatic carbocycles. The minimum Gasteiger partial charge on any atom is -0.396 e. The van der Waals surface area contributed by atoms with E-state index in [2.05, 4.69) is 15.6 Å². The van der Waals surface area contributed by atoms with Crippen LogP contribution < -0.4 is 10.6 Å². The minimum absolute atomic E-state index is 0.0611. The van der Waals surface area contributed by atoms with E-state index < -0.39 is 0 Å². The van der Waals surface area contributed by atoms with Gasteiger partial charge in [-0.2, -0.15) is 0 Å². The Morgan fingerprint density at radius 3 is 2.65 bits per heavy atom. The first-order valence-corrected chi connectivity index (χ1v) is 7.46. The van der Waals surface area contributed by atoms with Gasteiger partial charge >= 0.3 is 0 Å². The van der Waals surface area contributed by atoms with Crippen LogP contribution in [0.1, 0.15) is 26.2 Å². The molecule has 0 aromatic heterocycles. The lowest BCUT2D eigenvalue weighted by Crippen LogP contribution is -2.38. The molecule has 0 atom stereocenters. The van der Waals surface area contributed by atoms with Crippen LogP contribution in [0.25, 0.3) is 0 Å². The number of aliphatic hydroxyl groups excluding tert-OH is 1. The number of aliphatic hydroxyl groups is 1. The highest BCUT2D eigenvalue weighted by molar-refractivity contribution is 5.79. The lowest BCUT2D eigenvalue weighted by molar-refractivity contribution is 0.0698. The maximum absolute atomic E-state index is 9.28. The molecule has 6 heteroatoms. The van der Waals surface area contributed by atoms with Gasteiger partial charge in [-0.05, 0) is 26.2 Å². The topological polar surface area (TPSA) is 75.1 Å². The van der Waals surface area contributed by atoms with Crippen LogP contribution in [0.15, 0.2) is 4.99 Å². The van der Waals surface area contributed by atoms with Gasteiger partial charge < -0.3 is 25.2 Å². The van der Waals surface area contributed by atoms with Crippen molar-refractivity contribution in [1.29, 1.82) is 0 Å². The number of nitrogens with zero attached hydrogens (tertiary/aromatic N) is 1. The van der Waals surface area contributed by atoms with E-state index in [0.717, 1.165) is 44.9 Å². The summed E-state index contributed by atoms with van der Waals surface area (Å²) in [6.07, 6.45) is 3.10. The second kappa shape index (κ2) is 9.96. The summed E-state index contributed by atoms with van der Waals surface area (Å²) in [7, 11) is 1.67. The highest BCUT2D eigenvalue weighted by atomic mass is 16.5.